The summed E-state index contributed by atoms with van der Waals surface area (Å²) in [5.74, 6) is 0.231. The molecule has 0 bridgehead atoms. The molecule has 3 aromatic rings. The molecule has 2 aromatic heterocycles. The number of halogens is 1. The SMILES string of the molecule is C[C@H]1CCN1c1nc2c(c(-c3cc(F)c4c(=O)[nH]ccc4c3)n1)CCC2. The van der Waals surface area contributed by atoms with E-state index in [-0.39, 0.29) is 5.39 Å². The Hall–Kier alpha value is -2.76. The molecule has 1 aliphatic heterocycles. The van der Waals surface area contributed by atoms with Crippen LogP contribution in [0.1, 0.15) is 31.0 Å². The molecule has 132 valence electrons. The first-order valence-electron chi connectivity index (χ1n) is 9.09. The highest BCUT2D eigenvalue weighted by atomic mass is 19.1. The lowest BCUT2D eigenvalue weighted by atomic mass is 10.0. The highest BCUT2D eigenvalue weighted by molar-refractivity contribution is 5.87. The Morgan fingerprint density at radius 2 is 2.15 bits per heavy atom. The van der Waals surface area contributed by atoms with Gasteiger partial charge < -0.3 is 9.88 Å². The predicted molar refractivity (Wildman–Crippen MR) is 99.0 cm³/mol. The summed E-state index contributed by atoms with van der Waals surface area (Å²) < 4.78 is 14.7. The van der Waals surface area contributed by atoms with Crippen molar-refractivity contribution in [2.75, 3.05) is 11.4 Å². The molecule has 0 amide bonds. The van der Waals surface area contributed by atoms with Crippen LogP contribution in [0.5, 0.6) is 0 Å². The second-order valence-corrected chi connectivity index (χ2v) is 7.21. The zero-order chi connectivity index (χ0) is 17.8. The molecule has 6 heteroatoms. The molecule has 0 radical (unpaired) electrons. The summed E-state index contributed by atoms with van der Waals surface area (Å²) in [7, 11) is 0. The van der Waals surface area contributed by atoms with Crippen molar-refractivity contribution >= 4 is 16.7 Å². The van der Waals surface area contributed by atoms with Gasteiger partial charge in [0.25, 0.3) is 5.56 Å². The predicted octanol–water partition coefficient (Wildman–Crippen LogP) is 3.21. The summed E-state index contributed by atoms with van der Waals surface area (Å²) in [6, 6.07) is 5.46. The number of nitrogens with zero attached hydrogens (tertiary/aromatic N) is 3. The molecule has 26 heavy (non-hydrogen) atoms. The number of rotatable bonds is 2. The van der Waals surface area contributed by atoms with Crippen LogP contribution in [-0.4, -0.2) is 27.5 Å². The fourth-order valence-electron chi connectivity index (χ4n) is 4.02. The molecule has 0 unspecified atom stereocenters. The topological polar surface area (TPSA) is 61.9 Å². The molecule has 1 N–H and O–H groups in total. The van der Waals surface area contributed by atoms with E-state index in [1.807, 2.05) is 6.07 Å². The minimum absolute atomic E-state index is 0.0959. The lowest BCUT2D eigenvalue weighted by molar-refractivity contribution is 0.470. The molecular formula is C20H19FN4O. The maximum absolute atomic E-state index is 14.7. The number of pyridine rings is 1. The fourth-order valence-corrected chi connectivity index (χ4v) is 4.02. The Labute approximate surface area is 149 Å². The monoisotopic (exact) mass is 350 g/mol. The molecule has 0 saturated carbocycles. The first-order chi connectivity index (χ1) is 12.6. The van der Waals surface area contributed by atoms with Gasteiger partial charge in [-0.25, -0.2) is 14.4 Å². The Balaban J connectivity index is 1.73. The number of H-pyrrole nitrogens is 1. The van der Waals surface area contributed by atoms with Crippen LogP contribution >= 0.6 is 0 Å². The lowest BCUT2D eigenvalue weighted by Gasteiger charge is -2.39. The number of hydrogen-bond donors (Lipinski definition) is 1. The number of nitrogens with one attached hydrogen (secondary N) is 1. The quantitative estimate of drug-likeness (QED) is 0.771. The zero-order valence-electron chi connectivity index (χ0n) is 14.6. The molecule has 1 aliphatic carbocycles. The number of aromatic nitrogens is 3. The van der Waals surface area contributed by atoms with Crippen LogP contribution in [0.4, 0.5) is 10.3 Å². The number of hydrogen-bond acceptors (Lipinski definition) is 4. The van der Waals surface area contributed by atoms with Gasteiger partial charge in [-0.3, -0.25) is 4.79 Å². The third-order valence-corrected chi connectivity index (χ3v) is 5.60. The molecule has 1 atom stereocenters. The van der Waals surface area contributed by atoms with Crippen molar-refractivity contribution in [3.05, 3.63) is 51.8 Å². The molecule has 1 aromatic carbocycles. The first-order valence-corrected chi connectivity index (χ1v) is 9.09. The van der Waals surface area contributed by atoms with E-state index in [4.69, 9.17) is 9.97 Å². The van der Waals surface area contributed by atoms with Gasteiger partial charge in [0, 0.05) is 35.6 Å². The van der Waals surface area contributed by atoms with Crippen molar-refractivity contribution in [3.8, 4) is 11.3 Å². The summed E-state index contributed by atoms with van der Waals surface area (Å²) in [6.07, 6.45) is 5.59. The van der Waals surface area contributed by atoms with E-state index in [1.165, 1.54) is 6.07 Å². The average molecular weight is 350 g/mol. The van der Waals surface area contributed by atoms with Crippen LogP contribution in [-0.2, 0) is 12.8 Å². The number of fused-ring (bicyclic) bond motifs is 2. The smallest absolute Gasteiger partial charge is 0.258 e. The summed E-state index contributed by atoms with van der Waals surface area (Å²) >= 11 is 0. The van der Waals surface area contributed by atoms with Crippen LogP contribution in [0.25, 0.3) is 22.0 Å². The standard InChI is InChI=1S/C20H19FN4O/c1-11-6-8-25(11)20-23-16-4-2-3-14(16)18(24-20)13-9-12-5-7-22-19(26)17(12)15(21)10-13/h5,7,9-11H,2-4,6,8H2,1H3,(H,22,26)/t11-/m0/s1. The number of aromatic amines is 1. The average Bonchev–Trinajstić information content (AvgIpc) is 3.08. The van der Waals surface area contributed by atoms with Crippen LogP contribution in [0.15, 0.2) is 29.2 Å². The third-order valence-electron chi connectivity index (χ3n) is 5.60. The number of anilines is 1. The van der Waals surface area contributed by atoms with E-state index in [9.17, 15) is 9.18 Å². The van der Waals surface area contributed by atoms with Crippen molar-refractivity contribution in [2.45, 2.75) is 38.6 Å². The van der Waals surface area contributed by atoms with Gasteiger partial charge >= 0.3 is 0 Å². The molecule has 5 nitrogen and oxygen atoms in total. The van der Waals surface area contributed by atoms with E-state index >= 15 is 0 Å². The second kappa shape index (κ2) is 5.62. The Morgan fingerprint density at radius 1 is 1.27 bits per heavy atom. The van der Waals surface area contributed by atoms with Crippen molar-refractivity contribution in [3.63, 3.8) is 0 Å². The van der Waals surface area contributed by atoms with Crippen LogP contribution in [0.3, 0.4) is 0 Å². The Kier molecular flexibility index (Phi) is 3.35. The Bertz CT molecular complexity index is 1090. The third kappa shape index (κ3) is 2.25. The van der Waals surface area contributed by atoms with Gasteiger partial charge in [0.05, 0.1) is 11.1 Å². The lowest BCUT2D eigenvalue weighted by Crippen LogP contribution is -2.46. The fraction of sp³-hybridized carbons (Fsp3) is 0.350. The highest BCUT2D eigenvalue weighted by Crippen LogP contribution is 2.35. The Morgan fingerprint density at radius 3 is 2.92 bits per heavy atom. The summed E-state index contributed by atoms with van der Waals surface area (Å²) in [5.41, 5.74) is 3.31. The maximum Gasteiger partial charge on any atom is 0.258 e. The minimum atomic E-state index is -0.511. The van der Waals surface area contributed by atoms with Crippen LogP contribution in [0, 0.1) is 5.82 Å². The highest BCUT2D eigenvalue weighted by Gasteiger charge is 2.29. The molecule has 3 heterocycles. The van der Waals surface area contributed by atoms with E-state index in [0.29, 0.717) is 11.4 Å². The van der Waals surface area contributed by atoms with Gasteiger partial charge in [-0.1, -0.05) is 0 Å². The van der Waals surface area contributed by atoms with Gasteiger partial charge in [0.15, 0.2) is 0 Å². The van der Waals surface area contributed by atoms with E-state index in [1.54, 1.807) is 12.3 Å². The normalized spacial score (nSPS) is 18.8. The van der Waals surface area contributed by atoms with Gasteiger partial charge in [-0.15, -0.1) is 0 Å². The number of aryl methyl sites for hydroxylation is 1. The van der Waals surface area contributed by atoms with E-state index < -0.39 is 11.4 Å². The van der Waals surface area contributed by atoms with Gasteiger partial charge in [-0.2, -0.15) is 0 Å². The van der Waals surface area contributed by atoms with Crippen LogP contribution < -0.4 is 10.5 Å². The summed E-state index contributed by atoms with van der Waals surface area (Å²) in [6.45, 7) is 3.13. The van der Waals surface area contributed by atoms with Crippen molar-refractivity contribution in [1.82, 2.24) is 15.0 Å². The summed E-state index contributed by atoms with van der Waals surface area (Å²) in [5, 5.41) is 0.687. The molecular weight excluding hydrogens is 331 g/mol. The number of benzene rings is 1. The minimum Gasteiger partial charge on any atom is -0.338 e. The van der Waals surface area contributed by atoms with Crippen LogP contribution in [0.2, 0.25) is 0 Å². The van der Waals surface area contributed by atoms with E-state index in [2.05, 4.69) is 16.8 Å². The van der Waals surface area contributed by atoms with Gasteiger partial charge in [0.2, 0.25) is 5.95 Å². The summed E-state index contributed by atoms with van der Waals surface area (Å²) in [4.78, 5) is 26.3. The van der Waals surface area contributed by atoms with Crippen molar-refractivity contribution in [1.29, 1.82) is 0 Å². The largest absolute Gasteiger partial charge is 0.338 e. The van der Waals surface area contributed by atoms with E-state index in [0.717, 1.165) is 60.7 Å². The molecule has 1 saturated heterocycles. The molecule has 5 rings (SSSR count). The van der Waals surface area contributed by atoms with Crippen molar-refractivity contribution < 1.29 is 4.39 Å². The maximum atomic E-state index is 14.7. The second-order valence-electron chi connectivity index (χ2n) is 7.21. The zero-order valence-corrected chi connectivity index (χ0v) is 14.6. The molecule has 1 fully saturated rings. The first kappa shape index (κ1) is 15.5. The molecule has 2 aliphatic rings. The molecule has 0 spiro atoms. The van der Waals surface area contributed by atoms with Crippen molar-refractivity contribution in [2.24, 2.45) is 0 Å². The van der Waals surface area contributed by atoms with Gasteiger partial charge in [0.1, 0.15) is 5.82 Å². The van der Waals surface area contributed by atoms with Gasteiger partial charge in [-0.05, 0) is 56.2 Å².